The molecule has 1 aromatic carbocycles. The molecule has 0 unspecified atom stereocenters. The molecule has 0 aliphatic rings. The number of furan rings is 1. The molecule has 0 saturated carbocycles. The Bertz CT molecular complexity index is 733. The first-order chi connectivity index (χ1) is 11.3. The van der Waals surface area contributed by atoms with E-state index in [1.165, 1.54) is 0 Å². The third-order valence-corrected chi connectivity index (χ3v) is 3.49. The highest BCUT2D eigenvalue weighted by Gasteiger charge is 2.17. The van der Waals surface area contributed by atoms with Crippen LogP contribution >= 0.6 is 0 Å². The third kappa shape index (κ3) is 3.27. The summed E-state index contributed by atoms with van der Waals surface area (Å²) in [6.45, 7) is 2.64. The van der Waals surface area contributed by atoms with Crippen LogP contribution in [0.3, 0.4) is 0 Å². The van der Waals surface area contributed by atoms with Crippen LogP contribution in [0.15, 0.2) is 47.1 Å². The van der Waals surface area contributed by atoms with Gasteiger partial charge in [0.25, 0.3) is 0 Å². The number of benzene rings is 1. The second-order valence-electron chi connectivity index (χ2n) is 5.13. The first kappa shape index (κ1) is 15.3. The summed E-state index contributed by atoms with van der Waals surface area (Å²) in [5, 5.41) is 17.6. The summed E-state index contributed by atoms with van der Waals surface area (Å²) >= 11 is 0. The second-order valence-corrected chi connectivity index (χ2v) is 5.13. The van der Waals surface area contributed by atoms with Crippen LogP contribution in [0, 0.1) is 0 Å². The molecule has 23 heavy (non-hydrogen) atoms. The van der Waals surface area contributed by atoms with Crippen molar-refractivity contribution in [3.05, 3.63) is 48.4 Å². The van der Waals surface area contributed by atoms with Crippen molar-refractivity contribution in [2.45, 2.75) is 26.4 Å². The van der Waals surface area contributed by atoms with Gasteiger partial charge in [-0.3, -0.25) is 0 Å². The van der Waals surface area contributed by atoms with Crippen LogP contribution in [0.4, 0.5) is 0 Å². The lowest BCUT2D eigenvalue weighted by atomic mass is 10.2. The summed E-state index contributed by atoms with van der Waals surface area (Å²) in [4.78, 5) is 0. The maximum absolute atomic E-state index is 9.46. The maximum Gasteiger partial charge on any atom is 0.154 e. The number of nitrogens with zero attached hydrogens (tertiary/aromatic N) is 3. The van der Waals surface area contributed by atoms with E-state index in [0.717, 1.165) is 24.3 Å². The molecule has 0 bridgehead atoms. The minimum Gasteiger partial charge on any atom is -0.494 e. The molecule has 0 aliphatic heterocycles. The Morgan fingerprint density at radius 2 is 2.04 bits per heavy atom. The predicted octanol–water partition coefficient (Wildman–Crippen LogP) is 3.20. The highest BCUT2D eigenvalue weighted by molar-refractivity contribution is 5.58. The van der Waals surface area contributed by atoms with Gasteiger partial charge >= 0.3 is 0 Å². The van der Waals surface area contributed by atoms with Crippen molar-refractivity contribution in [2.24, 2.45) is 0 Å². The summed E-state index contributed by atoms with van der Waals surface area (Å²) in [6, 6.07) is 11.2. The first-order valence-electron chi connectivity index (χ1n) is 7.66. The molecule has 120 valence electrons. The molecule has 0 amide bonds. The van der Waals surface area contributed by atoms with Gasteiger partial charge in [-0.2, -0.15) is 0 Å². The molecule has 0 radical (unpaired) electrons. The van der Waals surface area contributed by atoms with Crippen molar-refractivity contribution >= 4 is 0 Å². The number of ether oxygens (including phenoxy) is 1. The molecule has 0 atom stereocenters. The zero-order chi connectivity index (χ0) is 16.1. The van der Waals surface area contributed by atoms with Crippen LogP contribution < -0.4 is 4.74 Å². The van der Waals surface area contributed by atoms with E-state index in [1.807, 2.05) is 30.3 Å². The largest absolute Gasteiger partial charge is 0.494 e. The van der Waals surface area contributed by atoms with Crippen LogP contribution in [0.2, 0.25) is 0 Å². The van der Waals surface area contributed by atoms with E-state index >= 15 is 0 Å². The number of hydrogen-bond acceptors (Lipinski definition) is 5. The molecule has 0 aliphatic carbocycles. The lowest BCUT2D eigenvalue weighted by molar-refractivity contribution is 0.277. The fraction of sp³-hybridized carbons (Fsp3) is 0.294. The molecule has 0 spiro atoms. The number of unbranched alkanes of at least 4 members (excludes halogenated alkanes) is 1. The highest BCUT2D eigenvalue weighted by atomic mass is 16.5. The van der Waals surface area contributed by atoms with Gasteiger partial charge in [-0.15, -0.1) is 5.10 Å². The smallest absolute Gasteiger partial charge is 0.154 e. The van der Waals surface area contributed by atoms with Gasteiger partial charge < -0.3 is 14.3 Å². The molecular weight excluding hydrogens is 294 g/mol. The lowest BCUT2D eigenvalue weighted by Crippen LogP contribution is -2.01. The van der Waals surface area contributed by atoms with Crippen molar-refractivity contribution in [3.63, 3.8) is 0 Å². The molecule has 3 rings (SSSR count). The zero-order valence-corrected chi connectivity index (χ0v) is 13.0. The monoisotopic (exact) mass is 313 g/mol. The van der Waals surface area contributed by atoms with E-state index < -0.39 is 0 Å². The van der Waals surface area contributed by atoms with Crippen molar-refractivity contribution in [2.75, 3.05) is 6.61 Å². The molecule has 0 fully saturated rings. The number of hydrogen-bond donors (Lipinski definition) is 1. The number of aliphatic hydroxyl groups excluding tert-OH is 1. The van der Waals surface area contributed by atoms with E-state index in [1.54, 1.807) is 17.0 Å². The minimum absolute atomic E-state index is 0.200. The molecule has 6 heteroatoms. The summed E-state index contributed by atoms with van der Waals surface area (Å²) in [5.74, 6) is 1.44. The SMILES string of the molecule is CCCCOc1ccc(-n2nnc(CO)c2-c2ccco2)cc1. The third-order valence-electron chi connectivity index (χ3n) is 3.49. The fourth-order valence-electron chi connectivity index (χ4n) is 2.28. The normalized spacial score (nSPS) is 10.9. The van der Waals surface area contributed by atoms with Crippen molar-refractivity contribution in [3.8, 4) is 22.9 Å². The average molecular weight is 313 g/mol. The number of aliphatic hydroxyl groups is 1. The average Bonchev–Trinajstić information content (AvgIpc) is 3.24. The summed E-state index contributed by atoms with van der Waals surface area (Å²) in [7, 11) is 0. The van der Waals surface area contributed by atoms with Gasteiger partial charge in [0, 0.05) is 0 Å². The van der Waals surface area contributed by atoms with E-state index in [0.29, 0.717) is 23.8 Å². The molecule has 0 saturated heterocycles. The van der Waals surface area contributed by atoms with Gasteiger partial charge in [0.1, 0.15) is 17.1 Å². The first-order valence-corrected chi connectivity index (χ1v) is 7.66. The molecule has 2 aromatic heterocycles. The van der Waals surface area contributed by atoms with Gasteiger partial charge in [0.2, 0.25) is 0 Å². The van der Waals surface area contributed by atoms with Gasteiger partial charge in [-0.1, -0.05) is 18.6 Å². The standard InChI is InChI=1S/C17H19N3O3/c1-2-3-10-22-14-8-6-13(7-9-14)20-17(15(12-21)18-19-20)16-5-4-11-23-16/h4-9,11,21H,2-3,10,12H2,1H3. The summed E-state index contributed by atoms with van der Waals surface area (Å²) in [6.07, 6.45) is 3.72. The van der Waals surface area contributed by atoms with E-state index in [2.05, 4.69) is 17.2 Å². The molecule has 1 N–H and O–H groups in total. The Hall–Kier alpha value is -2.60. The zero-order valence-electron chi connectivity index (χ0n) is 13.0. The van der Waals surface area contributed by atoms with Gasteiger partial charge in [0.05, 0.1) is 25.2 Å². The second kappa shape index (κ2) is 7.11. The molecule has 6 nitrogen and oxygen atoms in total. The number of aromatic nitrogens is 3. The summed E-state index contributed by atoms with van der Waals surface area (Å²) < 4.78 is 12.8. The van der Waals surface area contributed by atoms with Gasteiger partial charge in [-0.05, 0) is 42.8 Å². The van der Waals surface area contributed by atoms with Crippen molar-refractivity contribution in [1.29, 1.82) is 0 Å². The Balaban J connectivity index is 1.89. The molecule has 2 heterocycles. The highest BCUT2D eigenvalue weighted by Crippen LogP contribution is 2.26. The van der Waals surface area contributed by atoms with E-state index in [4.69, 9.17) is 9.15 Å². The van der Waals surface area contributed by atoms with Crippen molar-refractivity contribution < 1.29 is 14.3 Å². The Morgan fingerprint density at radius 1 is 1.22 bits per heavy atom. The summed E-state index contributed by atoms with van der Waals surface area (Å²) in [5.41, 5.74) is 1.95. The van der Waals surface area contributed by atoms with Crippen LogP contribution in [-0.2, 0) is 6.61 Å². The van der Waals surface area contributed by atoms with Crippen LogP contribution in [-0.4, -0.2) is 26.7 Å². The maximum atomic E-state index is 9.46. The van der Waals surface area contributed by atoms with Crippen molar-refractivity contribution in [1.82, 2.24) is 15.0 Å². The lowest BCUT2D eigenvalue weighted by Gasteiger charge is -2.08. The van der Waals surface area contributed by atoms with Crippen LogP contribution in [0.5, 0.6) is 5.75 Å². The Kier molecular flexibility index (Phi) is 4.73. The van der Waals surface area contributed by atoms with Gasteiger partial charge in [-0.25, -0.2) is 4.68 Å². The molecule has 3 aromatic rings. The topological polar surface area (TPSA) is 73.3 Å². The Morgan fingerprint density at radius 3 is 2.70 bits per heavy atom. The Labute approximate surface area is 134 Å². The van der Waals surface area contributed by atoms with Crippen LogP contribution in [0.1, 0.15) is 25.5 Å². The minimum atomic E-state index is -0.200. The van der Waals surface area contributed by atoms with E-state index in [-0.39, 0.29) is 6.61 Å². The van der Waals surface area contributed by atoms with Gasteiger partial charge in [0.15, 0.2) is 5.76 Å². The van der Waals surface area contributed by atoms with E-state index in [9.17, 15) is 5.11 Å². The number of rotatable bonds is 7. The van der Waals surface area contributed by atoms with Crippen LogP contribution in [0.25, 0.3) is 17.1 Å². The molecular formula is C17H19N3O3. The fourth-order valence-corrected chi connectivity index (χ4v) is 2.28. The quantitative estimate of drug-likeness (QED) is 0.678. The predicted molar refractivity (Wildman–Crippen MR) is 85.4 cm³/mol.